The van der Waals surface area contributed by atoms with E-state index in [1.807, 2.05) is 0 Å². The average Bonchev–Trinajstić information content (AvgIpc) is 1.72. The summed E-state index contributed by atoms with van der Waals surface area (Å²) in [6.45, 7) is 3.19. The van der Waals surface area contributed by atoms with Crippen LogP contribution in [0.4, 0.5) is 0 Å². The van der Waals surface area contributed by atoms with Gasteiger partial charge in [-0.2, -0.15) is 0 Å². The second kappa shape index (κ2) is 68.9. The van der Waals surface area contributed by atoms with E-state index in [1.54, 1.807) is 7.05 Å². The van der Waals surface area contributed by atoms with Crippen molar-refractivity contribution in [1.29, 1.82) is 0 Å². The van der Waals surface area contributed by atoms with Crippen molar-refractivity contribution in [2.75, 3.05) is 13.6 Å². The van der Waals surface area contributed by atoms with E-state index in [2.05, 4.69) is 18.4 Å². The lowest BCUT2D eigenvalue weighted by molar-refractivity contribution is -0.367. The maximum atomic E-state index is 3.60. The lowest BCUT2D eigenvalue weighted by Crippen LogP contribution is -2.49. The third-order valence-electron chi connectivity index (χ3n) is 0.354. The van der Waals surface area contributed by atoms with Gasteiger partial charge in [0.05, 0.1) is 13.6 Å². The predicted octanol–water partition coefficient (Wildman–Crippen LogP) is -1.86. The van der Waals surface area contributed by atoms with Crippen molar-refractivity contribution in [3.8, 4) is 0 Å². The molecule has 4 nitrogen and oxygen atoms in total. The van der Waals surface area contributed by atoms with Crippen molar-refractivity contribution >= 4 is 0 Å². The molecular formula is C4H18N2O2. The van der Waals surface area contributed by atoms with Crippen molar-refractivity contribution < 1.29 is 22.4 Å². The molecule has 0 aliphatic rings. The zero-order valence-electron chi connectivity index (χ0n) is 5.72. The fourth-order valence-corrected chi connectivity index (χ4v) is 0. The summed E-state index contributed by atoms with van der Waals surface area (Å²) in [5.74, 6) is 0. The third kappa shape index (κ3) is 194. The van der Waals surface area contributed by atoms with Crippen LogP contribution >= 0.6 is 0 Å². The van der Waals surface area contributed by atoms with Gasteiger partial charge in [0.15, 0.2) is 0 Å². The summed E-state index contributed by atoms with van der Waals surface area (Å²) in [6, 6.07) is 0. The molecular weight excluding hydrogens is 108 g/mol. The average molecular weight is 126 g/mol. The molecule has 0 fully saturated rings. The Balaban J connectivity index is -0.0000000183. The fraction of sp³-hybridized carbons (Fsp3) is 1.00. The van der Waals surface area contributed by atoms with Gasteiger partial charge >= 0.3 is 0 Å². The SMILES string of the molecule is CCC[NH3+].C[NH3+].[OH-].[OH-]. The Kier molecular flexibility index (Phi) is 214. The molecule has 8 heavy (non-hydrogen) atoms. The second-order valence-electron chi connectivity index (χ2n) is 0.854. The highest BCUT2D eigenvalue weighted by atomic mass is 16.0. The predicted molar refractivity (Wildman–Crippen MR) is 30.7 cm³/mol. The van der Waals surface area contributed by atoms with Crippen LogP contribution in [0, 0.1) is 0 Å². The Morgan fingerprint density at radius 2 is 1.25 bits per heavy atom. The topological polar surface area (TPSA) is 115 Å². The Morgan fingerprint density at radius 1 is 1.12 bits per heavy atom. The molecule has 0 aromatic carbocycles. The number of rotatable bonds is 1. The van der Waals surface area contributed by atoms with Crippen molar-refractivity contribution in [2.24, 2.45) is 0 Å². The van der Waals surface area contributed by atoms with Gasteiger partial charge < -0.3 is 22.4 Å². The molecule has 4 heteroatoms. The van der Waals surface area contributed by atoms with Gasteiger partial charge in [-0.05, 0) is 6.42 Å². The molecule has 0 aromatic rings. The van der Waals surface area contributed by atoms with Crippen LogP contribution in [0.2, 0.25) is 0 Å². The van der Waals surface area contributed by atoms with E-state index in [0.717, 1.165) is 6.54 Å². The molecule has 0 unspecified atom stereocenters. The van der Waals surface area contributed by atoms with E-state index in [-0.39, 0.29) is 11.0 Å². The van der Waals surface area contributed by atoms with Crippen molar-refractivity contribution in [2.45, 2.75) is 13.3 Å². The van der Waals surface area contributed by atoms with E-state index in [4.69, 9.17) is 0 Å². The Hall–Kier alpha value is -0.160. The van der Waals surface area contributed by atoms with Crippen LogP contribution < -0.4 is 11.5 Å². The molecule has 0 saturated carbocycles. The molecule has 0 aromatic heterocycles. The molecule has 56 valence electrons. The van der Waals surface area contributed by atoms with E-state index in [1.165, 1.54) is 6.42 Å². The van der Waals surface area contributed by atoms with E-state index in [0.29, 0.717) is 0 Å². The van der Waals surface area contributed by atoms with Crippen molar-refractivity contribution in [3.05, 3.63) is 0 Å². The van der Waals surface area contributed by atoms with Crippen molar-refractivity contribution in [1.82, 2.24) is 0 Å². The summed E-state index contributed by atoms with van der Waals surface area (Å²) in [5.41, 5.74) is 6.85. The van der Waals surface area contributed by atoms with Crippen LogP contribution in [0.5, 0.6) is 0 Å². The highest BCUT2D eigenvalue weighted by molar-refractivity contribution is 4.07. The molecule has 0 aliphatic heterocycles. The highest BCUT2D eigenvalue weighted by Gasteiger charge is 1.59. The zero-order valence-corrected chi connectivity index (χ0v) is 5.72. The minimum absolute atomic E-state index is 0. The standard InChI is InChI=1S/C3H9N.CH5N.2H2O/c1-2-3-4;1-2;;/h2-4H2,1H3;2H2,1H3;2*1H2. The first-order chi connectivity index (χ1) is 2.91. The van der Waals surface area contributed by atoms with E-state index in [9.17, 15) is 0 Å². The number of quaternary nitrogens is 2. The molecule has 0 spiro atoms. The Bertz CT molecular complexity index is 14.0. The summed E-state index contributed by atoms with van der Waals surface area (Å²) in [5, 5.41) is 0. The number of hydrogen-bond acceptors (Lipinski definition) is 2. The van der Waals surface area contributed by atoms with E-state index >= 15 is 0 Å². The largest absolute Gasteiger partial charge is 0.870 e. The molecule has 0 rings (SSSR count). The third-order valence-corrected chi connectivity index (χ3v) is 0.354. The van der Waals surface area contributed by atoms with Gasteiger partial charge in [0.2, 0.25) is 0 Å². The van der Waals surface area contributed by atoms with Crippen LogP contribution in [0.1, 0.15) is 13.3 Å². The first-order valence-corrected chi connectivity index (χ1v) is 2.41. The highest BCUT2D eigenvalue weighted by Crippen LogP contribution is 1.54. The molecule has 0 heterocycles. The van der Waals surface area contributed by atoms with Gasteiger partial charge in [-0.1, -0.05) is 6.92 Å². The van der Waals surface area contributed by atoms with Crippen LogP contribution in [0.15, 0.2) is 0 Å². The lowest BCUT2D eigenvalue weighted by atomic mass is 10.5. The smallest absolute Gasteiger partial charge is 0.0737 e. The molecule has 0 amide bonds. The first kappa shape index (κ1) is 24.9. The van der Waals surface area contributed by atoms with Gasteiger partial charge in [-0.15, -0.1) is 0 Å². The summed E-state index contributed by atoms with van der Waals surface area (Å²) in [6.07, 6.45) is 1.21. The van der Waals surface area contributed by atoms with Crippen LogP contribution in [-0.4, -0.2) is 24.5 Å². The fourth-order valence-electron chi connectivity index (χ4n) is 0. The minimum atomic E-state index is 0. The summed E-state index contributed by atoms with van der Waals surface area (Å²) >= 11 is 0. The van der Waals surface area contributed by atoms with E-state index < -0.39 is 0 Å². The molecule has 0 saturated heterocycles. The lowest BCUT2D eigenvalue weighted by Gasteiger charge is -1.66. The number of hydrogen-bond donors (Lipinski definition) is 2. The molecule has 8 N–H and O–H groups in total. The van der Waals surface area contributed by atoms with Crippen molar-refractivity contribution in [3.63, 3.8) is 0 Å². The first-order valence-electron chi connectivity index (χ1n) is 2.41. The van der Waals surface area contributed by atoms with Gasteiger partial charge in [-0.3, -0.25) is 0 Å². The summed E-state index contributed by atoms with van der Waals surface area (Å²) < 4.78 is 0. The van der Waals surface area contributed by atoms with Crippen LogP contribution in [0.25, 0.3) is 0 Å². The zero-order chi connectivity index (χ0) is 5.41. The molecule has 0 bridgehead atoms. The Labute approximate surface area is 50.5 Å². The molecule has 0 atom stereocenters. The van der Waals surface area contributed by atoms with Gasteiger partial charge in [0.25, 0.3) is 0 Å². The Morgan fingerprint density at radius 3 is 1.25 bits per heavy atom. The second-order valence-corrected chi connectivity index (χ2v) is 0.854. The van der Waals surface area contributed by atoms with Gasteiger partial charge in [-0.25, -0.2) is 0 Å². The summed E-state index contributed by atoms with van der Waals surface area (Å²) in [7, 11) is 1.75. The van der Waals surface area contributed by atoms with Gasteiger partial charge in [0.1, 0.15) is 0 Å². The minimum Gasteiger partial charge on any atom is -0.870 e. The maximum absolute atomic E-state index is 3.60. The maximum Gasteiger partial charge on any atom is 0.0737 e. The van der Waals surface area contributed by atoms with Crippen LogP contribution in [0.3, 0.4) is 0 Å². The van der Waals surface area contributed by atoms with Crippen LogP contribution in [-0.2, 0) is 0 Å². The summed E-state index contributed by atoms with van der Waals surface area (Å²) in [4.78, 5) is 0. The molecule has 0 radical (unpaired) electrons. The quantitative estimate of drug-likeness (QED) is 0.429. The normalized spacial score (nSPS) is 4.50. The molecule has 0 aliphatic carbocycles. The monoisotopic (exact) mass is 126 g/mol. The van der Waals surface area contributed by atoms with Gasteiger partial charge in [0, 0.05) is 0 Å².